The fraction of sp³-hybridized carbons (Fsp3) is 0.988. The molecule has 0 bridgehead atoms. The van der Waals surface area contributed by atoms with Gasteiger partial charge in [-0.1, -0.05) is 373 Å². The van der Waals surface area contributed by atoms with E-state index in [2.05, 4.69) is 19.2 Å². The van der Waals surface area contributed by atoms with Crippen molar-refractivity contribution in [2.45, 2.75) is 497 Å². The number of rotatable bonds is 71. The zero-order chi connectivity index (χ0) is 73.9. The van der Waals surface area contributed by atoms with Crippen LogP contribution in [-0.4, -0.2) is 193 Å². The summed E-state index contributed by atoms with van der Waals surface area (Å²) in [5.74, 6) is -0.231. The Hall–Kier alpha value is -1.21. The first-order valence-electron chi connectivity index (χ1n) is 43.3. The molecule has 3 rings (SSSR count). The highest BCUT2D eigenvalue weighted by molar-refractivity contribution is 5.76. The first-order chi connectivity index (χ1) is 49.8. The summed E-state index contributed by atoms with van der Waals surface area (Å²) in [7, 11) is 0. The van der Waals surface area contributed by atoms with Crippen molar-refractivity contribution in [2.24, 2.45) is 0 Å². The van der Waals surface area contributed by atoms with Crippen molar-refractivity contribution in [1.29, 1.82) is 0 Å². The number of amides is 1. The van der Waals surface area contributed by atoms with Crippen LogP contribution in [0.2, 0.25) is 0 Å². The quantitative estimate of drug-likeness (QED) is 0.0252. The summed E-state index contributed by atoms with van der Waals surface area (Å²) in [5.41, 5.74) is 0. The fourth-order valence-corrected chi connectivity index (χ4v) is 15.3. The third kappa shape index (κ3) is 43.8. The Kier molecular flexibility index (Phi) is 60.2. The molecule has 606 valence electrons. The fourth-order valence-electron chi connectivity index (χ4n) is 15.3. The standard InChI is InChI=1S/C83H161NO18/c1-3-5-7-9-11-13-15-17-19-21-23-25-27-29-31-33-35-37-39-41-43-45-47-49-51-53-55-57-59-61-71(89)84-66(67(88)60-58-56-54-52-50-48-46-44-42-40-38-36-34-32-30-28-26-24-22-20-18-16-14-12-10-8-6-4-2)65-97-81-77(95)74(92)79(69(63-86)99-81)102-83-78(96)75(93)80(70(64-87)100-83)101-82-76(94)73(91)72(90)68(62-85)98-82/h66-70,72-83,85-88,90-96H,3-65H2,1-2H3,(H,84,89). The van der Waals surface area contributed by atoms with E-state index in [1.54, 1.807) is 0 Å². The number of carbonyl (C=O) groups is 1. The summed E-state index contributed by atoms with van der Waals surface area (Å²) in [6.07, 6.45) is 49.2. The molecule has 0 aromatic heterocycles. The Morgan fingerprint density at radius 3 is 0.853 bits per heavy atom. The van der Waals surface area contributed by atoms with Crippen molar-refractivity contribution in [3.63, 3.8) is 0 Å². The highest BCUT2D eigenvalue weighted by Gasteiger charge is 2.54. The number of aliphatic hydroxyl groups is 11. The van der Waals surface area contributed by atoms with Gasteiger partial charge in [0.25, 0.3) is 0 Å². The van der Waals surface area contributed by atoms with E-state index in [0.29, 0.717) is 12.8 Å². The van der Waals surface area contributed by atoms with Crippen molar-refractivity contribution in [3.8, 4) is 0 Å². The molecule has 3 heterocycles. The number of unbranched alkanes of at least 4 members (excludes halogenated alkanes) is 55. The summed E-state index contributed by atoms with van der Waals surface area (Å²) in [4.78, 5) is 13.5. The lowest BCUT2D eigenvalue weighted by atomic mass is 9.96. The number of aliphatic hydroxyl groups excluding tert-OH is 11. The number of nitrogens with one attached hydrogen (secondary N) is 1. The van der Waals surface area contributed by atoms with E-state index in [1.165, 1.54) is 315 Å². The van der Waals surface area contributed by atoms with E-state index in [1.807, 2.05) is 0 Å². The number of hydrogen-bond donors (Lipinski definition) is 12. The predicted molar refractivity (Wildman–Crippen MR) is 407 cm³/mol. The van der Waals surface area contributed by atoms with Crippen molar-refractivity contribution in [1.82, 2.24) is 5.32 Å². The summed E-state index contributed by atoms with van der Waals surface area (Å²) in [6, 6.07) is -0.884. The molecule has 17 atom stereocenters. The molecule has 3 aliphatic rings. The SMILES string of the molecule is CCCCCCCCCCCCCCCCCCCCCCCCCCCCCCCC(=O)NC(COC1OC(CO)C(OC2OC(CO)C(OC3OC(CO)C(O)C(O)C3O)C(O)C2O)C(O)C1O)C(O)CCCCCCCCCCCCCCCCCCCCCCCCCCCCCC. The highest BCUT2D eigenvalue weighted by Crippen LogP contribution is 2.34. The van der Waals surface area contributed by atoms with Crippen LogP contribution in [0.25, 0.3) is 0 Å². The summed E-state index contributed by atoms with van der Waals surface area (Å²) in [5, 5.41) is 121. The van der Waals surface area contributed by atoms with Gasteiger partial charge >= 0.3 is 0 Å². The zero-order valence-corrected chi connectivity index (χ0v) is 65.1. The first-order valence-corrected chi connectivity index (χ1v) is 43.3. The van der Waals surface area contributed by atoms with Crippen LogP contribution >= 0.6 is 0 Å². The smallest absolute Gasteiger partial charge is 0.220 e. The lowest BCUT2D eigenvalue weighted by Gasteiger charge is -2.48. The normalized spacial score (nSPS) is 26.1. The van der Waals surface area contributed by atoms with Gasteiger partial charge in [-0.05, 0) is 12.8 Å². The molecule has 0 saturated carbocycles. The van der Waals surface area contributed by atoms with E-state index in [9.17, 15) is 61.0 Å². The molecular weight excluding hydrogens is 1300 g/mol. The van der Waals surface area contributed by atoms with Gasteiger partial charge in [0.1, 0.15) is 73.2 Å². The van der Waals surface area contributed by atoms with Crippen LogP contribution in [0, 0.1) is 0 Å². The van der Waals surface area contributed by atoms with Gasteiger partial charge in [-0.15, -0.1) is 0 Å². The van der Waals surface area contributed by atoms with Gasteiger partial charge in [-0.25, -0.2) is 0 Å². The van der Waals surface area contributed by atoms with Crippen LogP contribution in [-0.2, 0) is 33.2 Å². The van der Waals surface area contributed by atoms with Gasteiger partial charge in [0.05, 0.1) is 38.6 Å². The number of carbonyl (C=O) groups excluding carboxylic acids is 1. The lowest BCUT2D eigenvalue weighted by molar-refractivity contribution is -0.379. The minimum atomic E-state index is -1.97. The van der Waals surface area contributed by atoms with E-state index in [0.717, 1.165) is 44.9 Å². The van der Waals surface area contributed by atoms with Crippen molar-refractivity contribution in [2.75, 3.05) is 26.4 Å². The Labute approximate surface area is 621 Å². The lowest BCUT2D eigenvalue weighted by Crippen LogP contribution is -2.66. The number of ether oxygens (including phenoxy) is 6. The molecule has 12 N–H and O–H groups in total. The van der Waals surface area contributed by atoms with E-state index < -0.39 is 124 Å². The summed E-state index contributed by atoms with van der Waals surface area (Å²) >= 11 is 0. The predicted octanol–water partition coefficient (Wildman–Crippen LogP) is 15.4. The molecule has 3 fully saturated rings. The Morgan fingerprint density at radius 1 is 0.314 bits per heavy atom. The molecule has 1 amide bonds. The van der Waals surface area contributed by atoms with Crippen LogP contribution in [0.3, 0.4) is 0 Å². The maximum Gasteiger partial charge on any atom is 0.220 e. The van der Waals surface area contributed by atoms with Gasteiger partial charge in [-0.3, -0.25) is 4.79 Å². The van der Waals surface area contributed by atoms with Crippen LogP contribution in [0.5, 0.6) is 0 Å². The highest BCUT2D eigenvalue weighted by atomic mass is 16.8. The molecule has 3 aliphatic heterocycles. The summed E-state index contributed by atoms with van der Waals surface area (Å²) < 4.78 is 34.6. The Morgan fingerprint density at radius 2 is 0.559 bits per heavy atom. The topological polar surface area (TPSA) is 307 Å². The average molecular weight is 1460 g/mol. The molecular formula is C83H161NO18. The third-order valence-electron chi connectivity index (χ3n) is 22.2. The van der Waals surface area contributed by atoms with Gasteiger partial charge in [0.2, 0.25) is 5.91 Å². The molecule has 3 saturated heterocycles. The average Bonchev–Trinajstić information content (AvgIpc) is 0.766. The van der Waals surface area contributed by atoms with Crippen molar-refractivity contribution < 1.29 is 89.4 Å². The summed E-state index contributed by atoms with van der Waals surface area (Å²) in [6.45, 7) is 1.89. The largest absolute Gasteiger partial charge is 0.394 e. The molecule has 19 heteroatoms. The maximum atomic E-state index is 13.5. The second-order valence-electron chi connectivity index (χ2n) is 31.4. The van der Waals surface area contributed by atoms with E-state index >= 15 is 0 Å². The van der Waals surface area contributed by atoms with E-state index in [4.69, 9.17) is 28.4 Å². The van der Waals surface area contributed by atoms with Gasteiger partial charge in [-0.2, -0.15) is 0 Å². The molecule has 0 radical (unpaired) electrons. The monoisotopic (exact) mass is 1460 g/mol. The molecule has 0 aromatic carbocycles. The molecule has 102 heavy (non-hydrogen) atoms. The Bertz CT molecular complexity index is 1840. The first kappa shape index (κ1) is 95.0. The van der Waals surface area contributed by atoms with Crippen LogP contribution in [0.4, 0.5) is 0 Å². The maximum absolute atomic E-state index is 13.5. The van der Waals surface area contributed by atoms with Gasteiger partial charge in [0.15, 0.2) is 18.9 Å². The molecule has 17 unspecified atom stereocenters. The van der Waals surface area contributed by atoms with Gasteiger partial charge < -0.3 is 89.9 Å². The second-order valence-corrected chi connectivity index (χ2v) is 31.4. The minimum Gasteiger partial charge on any atom is -0.394 e. The molecule has 0 spiro atoms. The minimum absolute atomic E-state index is 0.231. The molecule has 19 nitrogen and oxygen atoms in total. The van der Waals surface area contributed by atoms with Crippen LogP contribution in [0.15, 0.2) is 0 Å². The molecule has 0 aliphatic carbocycles. The molecule has 0 aromatic rings. The zero-order valence-electron chi connectivity index (χ0n) is 65.1. The van der Waals surface area contributed by atoms with Crippen molar-refractivity contribution >= 4 is 5.91 Å². The van der Waals surface area contributed by atoms with Crippen molar-refractivity contribution in [3.05, 3.63) is 0 Å². The number of hydrogen-bond acceptors (Lipinski definition) is 18. The van der Waals surface area contributed by atoms with Crippen LogP contribution < -0.4 is 5.32 Å². The van der Waals surface area contributed by atoms with Gasteiger partial charge in [0, 0.05) is 6.42 Å². The second kappa shape index (κ2) is 64.6. The van der Waals surface area contributed by atoms with Crippen LogP contribution in [0.1, 0.15) is 393 Å². The Balaban J connectivity index is 1.34. The van der Waals surface area contributed by atoms with E-state index in [-0.39, 0.29) is 18.9 Å². The third-order valence-corrected chi connectivity index (χ3v) is 22.2.